The summed E-state index contributed by atoms with van der Waals surface area (Å²) in [6.07, 6.45) is 4.44. The van der Waals surface area contributed by atoms with E-state index in [1.165, 1.54) is 0 Å². The van der Waals surface area contributed by atoms with E-state index in [1.54, 1.807) is 6.08 Å². The highest BCUT2D eigenvalue weighted by atomic mass is 16.9. The van der Waals surface area contributed by atoms with Crippen molar-refractivity contribution in [2.75, 3.05) is 6.61 Å². The van der Waals surface area contributed by atoms with E-state index in [9.17, 15) is 4.79 Å². The Morgan fingerprint density at radius 2 is 2.21 bits per heavy atom. The zero-order chi connectivity index (χ0) is 13.6. The number of hydrogen-bond acceptors (Lipinski definition) is 4. The van der Waals surface area contributed by atoms with Gasteiger partial charge in [-0.2, -0.15) is 0 Å². The minimum Gasteiger partial charge on any atom is -0.458 e. The summed E-state index contributed by atoms with van der Waals surface area (Å²) in [6.45, 7) is 9.64. The summed E-state index contributed by atoms with van der Waals surface area (Å²) < 4.78 is 16.2. The summed E-state index contributed by atoms with van der Waals surface area (Å²) in [5, 5.41) is 0. The first kappa shape index (κ1) is 12.9. The van der Waals surface area contributed by atoms with Crippen molar-refractivity contribution >= 4 is 5.97 Å². The Kier molecular flexibility index (Phi) is 3.02. The minimum atomic E-state index is -0.285. The van der Waals surface area contributed by atoms with Crippen LogP contribution in [0.25, 0.3) is 0 Å². The molecule has 0 bridgehead atoms. The van der Waals surface area contributed by atoms with Gasteiger partial charge in [-0.3, -0.25) is 0 Å². The van der Waals surface area contributed by atoms with Gasteiger partial charge >= 0.3 is 5.97 Å². The normalized spacial score (nSPS) is 43.0. The number of fused-ring (bicyclic) bond motifs is 1. The fraction of sp³-hybridized carbons (Fsp3) is 0.667. The van der Waals surface area contributed by atoms with Crippen LogP contribution in [-0.4, -0.2) is 25.2 Å². The Balaban J connectivity index is 1.58. The van der Waals surface area contributed by atoms with Crippen LogP contribution >= 0.6 is 0 Å². The van der Waals surface area contributed by atoms with Crippen LogP contribution < -0.4 is 0 Å². The van der Waals surface area contributed by atoms with Gasteiger partial charge in [0.05, 0.1) is 0 Å². The highest BCUT2D eigenvalue weighted by Crippen LogP contribution is 2.70. The zero-order valence-electron chi connectivity index (χ0n) is 11.3. The van der Waals surface area contributed by atoms with Crippen molar-refractivity contribution in [3.63, 3.8) is 0 Å². The van der Waals surface area contributed by atoms with E-state index in [2.05, 4.69) is 13.2 Å². The molecule has 3 fully saturated rings. The maximum absolute atomic E-state index is 11.9. The van der Waals surface area contributed by atoms with Crippen molar-refractivity contribution in [2.45, 2.75) is 38.8 Å². The second kappa shape index (κ2) is 4.46. The molecule has 104 valence electrons. The summed E-state index contributed by atoms with van der Waals surface area (Å²) >= 11 is 0. The van der Waals surface area contributed by atoms with Gasteiger partial charge in [-0.25, -0.2) is 4.79 Å². The first-order chi connectivity index (χ1) is 9.06. The van der Waals surface area contributed by atoms with Crippen LogP contribution in [0.15, 0.2) is 24.8 Å². The minimum absolute atomic E-state index is 0.0472. The largest absolute Gasteiger partial charge is 0.458 e. The highest BCUT2D eigenvalue weighted by molar-refractivity contribution is 5.90. The SMILES string of the molecule is C=CCOC(=O)C(=C)C12CC(C3OC(C)O3)CC1C2. The van der Waals surface area contributed by atoms with Gasteiger partial charge in [-0.05, 0) is 32.1 Å². The first-order valence-corrected chi connectivity index (χ1v) is 6.85. The summed E-state index contributed by atoms with van der Waals surface area (Å²) in [4.78, 5) is 11.9. The quantitative estimate of drug-likeness (QED) is 0.434. The number of carbonyl (C=O) groups excluding carboxylic acids is 1. The Bertz CT molecular complexity index is 424. The smallest absolute Gasteiger partial charge is 0.334 e. The Hall–Kier alpha value is -1.13. The van der Waals surface area contributed by atoms with Crippen molar-refractivity contribution < 1.29 is 19.0 Å². The van der Waals surface area contributed by atoms with E-state index < -0.39 is 0 Å². The van der Waals surface area contributed by atoms with Crippen molar-refractivity contribution in [1.82, 2.24) is 0 Å². The van der Waals surface area contributed by atoms with E-state index >= 15 is 0 Å². The number of hydrogen-bond donors (Lipinski definition) is 0. The number of rotatable bonds is 5. The molecule has 2 saturated carbocycles. The molecule has 4 heteroatoms. The van der Waals surface area contributed by atoms with Crippen molar-refractivity contribution in [3.8, 4) is 0 Å². The van der Waals surface area contributed by atoms with Crippen LogP contribution in [0.1, 0.15) is 26.2 Å². The summed E-state index contributed by atoms with van der Waals surface area (Å²) in [5.74, 6) is 0.648. The third-order valence-electron chi connectivity index (χ3n) is 4.66. The Morgan fingerprint density at radius 1 is 1.47 bits per heavy atom. The van der Waals surface area contributed by atoms with Gasteiger partial charge in [0.15, 0.2) is 12.6 Å². The van der Waals surface area contributed by atoms with Gasteiger partial charge in [0, 0.05) is 16.9 Å². The van der Waals surface area contributed by atoms with Gasteiger partial charge in [-0.15, -0.1) is 0 Å². The molecule has 0 aromatic carbocycles. The van der Waals surface area contributed by atoms with Gasteiger partial charge in [-0.1, -0.05) is 19.2 Å². The van der Waals surface area contributed by atoms with Gasteiger partial charge in [0.2, 0.25) is 0 Å². The second-order valence-corrected chi connectivity index (χ2v) is 5.83. The van der Waals surface area contributed by atoms with Crippen LogP contribution in [-0.2, 0) is 19.0 Å². The van der Waals surface area contributed by atoms with E-state index in [1.807, 2.05) is 6.92 Å². The van der Waals surface area contributed by atoms with E-state index in [0.29, 0.717) is 17.4 Å². The maximum atomic E-state index is 11.9. The third kappa shape index (κ3) is 2.03. The lowest BCUT2D eigenvalue weighted by atomic mass is 9.90. The summed E-state index contributed by atoms with van der Waals surface area (Å²) in [6, 6.07) is 0. The van der Waals surface area contributed by atoms with Gasteiger partial charge in [0.1, 0.15) is 6.61 Å². The van der Waals surface area contributed by atoms with Crippen LogP contribution in [0.4, 0.5) is 0 Å². The molecule has 2 aliphatic carbocycles. The lowest BCUT2D eigenvalue weighted by molar-refractivity contribution is -0.392. The molecule has 0 aromatic rings. The lowest BCUT2D eigenvalue weighted by Gasteiger charge is -2.38. The maximum Gasteiger partial charge on any atom is 0.334 e. The average molecular weight is 264 g/mol. The third-order valence-corrected chi connectivity index (χ3v) is 4.66. The lowest BCUT2D eigenvalue weighted by Crippen LogP contribution is -2.43. The number of ether oxygens (including phenoxy) is 3. The molecule has 1 aliphatic heterocycles. The van der Waals surface area contributed by atoms with E-state index in [4.69, 9.17) is 14.2 Å². The predicted molar refractivity (Wildman–Crippen MR) is 69.0 cm³/mol. The Morgan fingerprint density at radius 3 is 2.84 bits per heavy atom. The van der Waals surface area contributed by atoms with Crippen molar-refractivity contribution in [3.05, 3.63) is 24.8 Å². The molecule has 0 N–H and O–H groups in total. The van der Waals surface area contributed by atoms with Crippen LogP contribution in [0.3, 0.4) is 0 Å². The molecule has 3 aliphatic rings. The fourth-order valence-electron chi connectivity index (χ4n) is 3.59. The monoisotopic (exact) mass is 264 g/mol. The standard InChI is InChI=1S/C15H20O4/c1-4-5-17-13(16)9(2)15-7-11(6-12(15)8-15)14-18-10(3)19-14/h4,10-12,14H,1-2,5-8H2,3H3. The molecule has 4 nitrogen and oxygen atoms in total. The molecule has 0 aromatic heterocycles. The number of carbonyl (C=O) groups is 1. The Labute approximate surface area is 113 Å². The average Bonchev–Trinajstić information content (AvgIpc) is 2.94. The summed E-state index contributed by atoms with van der Waals surface area (Å²) in [7, 11) is 0. The van der Waals surface area contributed by atoms with Crippen molar-refractivity contribution in [2.24, 2.45) is 17.3 Å². The number of esters is 1. The second-order valence-electron chi connectivity index (χ2n) is 5.83. The molecular weight excluding hydrogens is 244 g/mol. The topological polar surface area (TPSA) is 44.8 Å². The predicted octanol–water partition coefficient (Wildman–Crippen LogP) is 2.41. The van der Waals surface area contributed by atoms with Crippen LogP contribution in [0.5, 0.6) is 0 Å². The highest BCUT2D eigenvalue weighted by Gasteiger charge is 2.65. The zero-order valence-corrected chi connectivity index (χ0v) is 11.3. The molecule has 0 radical (unpaired) electrons. The first-order valence-electron chi connectivity index (χ1n) is 6.85. The van der Waals surface area contributed by atoms with Crippen LogP contribution in [0.2, 0.25) is 0 Å². The van der Waals surface area contributed by atoms with E-state index in [-0.39, 0.29) is 30.6 Å². The molecule has 3 atom stereocenters. The molecule has 3 rings (SSSR count). The van der Waals surface area contributed by atoms with Crippen molar-refractivity contribution in [1.29, 1.82) is 0 Å². The van der Waals surface area contributed by atoms with E-state index in [0.717, 1.165) is 19.3 Å². The van der Waals surface area contributed by atoms with Gasteiger partial charge < -0.3 is 14.2 Å². The molecule has 1 heterocycles. The molecule has 0 spiro atoms. The van der Waals surface area contributed by atoms with Crippen LogP contribution in [0, 0.1) is 17.3 Å². The molecule has 0 amide bonds. The fourth-order valence-corrected chi connectivity index (χ4v) is 3.59. The summed E-state index contributed by atoms with van der Waals surface area (Å²) in [5.41, 5.74) is 0.572. The molecule has 19 heavy (non-hydrogen) atoms. The molecule has 1 saturated heterocycles. The molecule has 3 unspecified atom stereocenters. The molecular formula is C15H20O4. The van der Waals surface area contributed by atoms with Gasteiger partial charge in [0.25, 0.3) is 0 Å².